The Morgan fingerprint density at radius 2 is 1.78 bits per heavy atom. The molecule has 9 atom stereocenters. The molecular formula is C31H54N2O2Re-2. The van der Waals surface area contributed by atoms with Crippen LogP contribution in [0.1, 0.15) is 99.3 Å². The summed E-state index contributed by atoms with van der Waals surface area (Å²) in [5, 5.41) is 3.18. The summed E-state index contributed by atoms with van der Waals surface area (Å²) in [6, 6.07) is 0.542. The summed E-state index contributed by atoms with van der Waals surface area (Å²) in [5.74, 6) is 4.00. The van der Waals surface area contributed by atoms with E-state index in [9.17, 15) is 4.79 Å². The third-order valence-corrected chi connectivity index (χ3v) is 11.1. The Bertz CT molecular complexity index is 814. The summed E-state index contributed by atoms with van der Waals surface area (Å²) in [5.41, 5.74) is 3.82. The van der Waals surface area contributed by atoms with Crippen molar-refractivity contribution in [2.75, 3.05) is 13.1 Å². The van der Waals surface area contributed by atoms with E-state index in [1.54, 1.807) is 11.1 Å². The number of hydrogen-bond acceptors (Lipinski definition) is 3. The second kappa shape index (κ2) is 11.9. The minimum absolute atomic E-state index is 0. The monoisotopic (exact) mass is 673 g/mol. The number of ether oxygens (including phenoxy) is 1. The number of rotatable bonds is 0. The third kappa shape index (κ3) is 4.94. The zero-order chi connectivity index (χ0) is 23.5. The number of amides is 1. The van der Waals surface area contributed by atoms with Gasteiger partial charge in [0, 0.05) is 46.0 Å². The first-order chi connectivity index (χ1) is 15.8. The van der Waals surface area contributed by atoms with Crippen molar-refractivity contribution >= 4 is 5.91 Å². The molecule has 1 radical (unpaired) electrons. The number of allylic oxidation sites excluding steroid dienone is 1. The van der Waals surface area contributed by atoms with Crippen molar-refractivity contribution in [1.29, 1.82) is 0 Å². The minimum Gasteiger partial charge on any atom is -0.358 e. The summed E-state index contributed by atoms with van der Waals surface area (Å²) in [4.78, 5) is 14.9. The third-order valence-electron chi connectivity index (χ3n) is 11.1. The largest absolute Gasteiger partial charge is 0.358 e. The average molecular weight is 673 g/mol. The second-order valence-corrected chi connectivity index (χ2v) is 12.5. The van der Waals surface area contributed by atoms with Crippen LogP contribution in [-0.4, -0.2) is 41.8 Å². The van der Waals surface area contributed by atoms with Crippen LogP contribution in [-0.2, 0) is 30.0 Å². The molecular weight excluding hydrogens is 619 g/mol. The average Bonchev–Trinajstić information content (AvgIpc) is 3.34. The van der Waals surface area contributed by atoms with E-state index in [2.05, 4.69) is 37.9 Å². The Morgan fingerprint density at radius 3 is 2.47 bits per heavy atom. The van der Waals surface area contributed by atoms with E-state index in [4.69, 9.17) is 4.74 Å². The number of carbonyl (C=O) groups is 1. The molecule has 36 heavy (non-hydrogen) atoms. The first kappa shape index (κ1) is 32.0. The van der Waals surface area contributed by atoms with E-state index < -0.39 is 0 Å². The quantitative estimate of drug-likeness (QED) is 0.227. The van der Waals surface area contributed by atoms with Crippen LogP contribution in [0, 0.1) is 49.9 Å². The van der Waals surface area contributed by atoms with Crippen molar-refractivity contribution in [3.05, 3.63) is 26.0 Å². The number of nitrogens with one attached hydrogen (secondary N) is 1. The van der Waals surface area contributed by atoms with Crippen LogP contribution in [0.3, 0.4) is 0 Å². The van der Waals surface area contributed by atoms with Crippen molar-refractivity contribution in [3.8, 4) is 0 Å². The van der Waals surface area contributed by atoms with Gasteiger partial charge in [-0.1, -0.05) is 38.8 Å². The van der Waals surface area contributed by atoms with Crippen LogP contribution >= 0.6 is 0 Å². The predicted octanol–water partition coefficient (Wildman–Crippen LogP) is 6.82. The SMILES string of the molecule is CC.CC1=C2CC3C(CCC4CC(=O)NCCC43C)C2CCC2(C1)OC1CC(C)CN1[C@H]2C.[CH3-].[CH3-].[Re]. The molecule has 0 aromatic carbocycles. The van der Waals surface area contributed by atoms with Crippen molar-refractivity contribution in [1.82, 2.24) is 10.2 Å². The van der Waals surface area contributed by atoms with Gasteiger partial charge in [-0.3, -0.25) is 9.69 Å². The summed E-state index contributed by atoms with van der Waals surface area (Å²) >= 11 is 0. The molecule has 3 saturated heterocycles. The molecule has 3 heterocycles. The van der Waals surface area contributed by atoms with Gasteiger partial charge in [-0.2, -0.15) is 0 Å². The maximum absolute atomic E-state index is 12.3. The normalized spacial score (nSPS) is 45.2. The van der Waals surface area contributed by atoms with Crippen LogP contribution in [0.2, 0.25) is 0 Å². The Kier molecular flexibility index (Phi) is 10.6. The maximum atomic E-state index is 12.3. The first-order valence-corrected chi connectivity index (χ1v) is 14.2. The van der Waals surface area contributed by atoms with Gasteiger partial charge in [-0.05, 0) is 100 Å². The van der Waals surface area contributed by atoms with Gasteiger partial charge in [0.15, 0.2) is 0 Å². The maximum Gasteiger partial charge on any atom is 0.220 e. The molecule has 3 aliphatic heterocycles. The molecule has 4 nitrogen and oxygen atoms in total. The Balaban J connectivity index is 0.000000892. The molecule has 5 fully saturated rings. The Hall–Kier alpha value is -0.208. The Labute approximate surface area is 236 Å². The summed E-state index contributed by atoms with van der Waals surface area (Å²) < 4.78 is 6.93. The van der Waals surface area contributed by atoms with Crippen LogP contribution in [0.4, 0.5) is 0 Å². The Morgan fingerprint density at radius 1 is 1.06 bits per heavy atom. The fraction of sp³-hybridized carbons (Fsp3) is 0.839. The van der Waals surface area contributed by atoms with E-state index in [1.807, 2.05) is 13.8 Å². The topological polar surface area (TPSA) is 41.6 Å². The smallest absolute Gasteiger partial charge is 0.220 e. The number of fused-ring (bicyclic) bond motifs is 6. The van der Waals surface area contributed by atoms with Crippen LogP contribution < -0.4 is 5.32 Å². The molecule has 6 rings (SSSR count). The number of nitrogens with zero attached hydrogens (tertiary/aromatic N) is 1. The fourth-order valence-corrected chi connectivity index (χ4v) is 9.33. The van der Waals surface area contributed by atoms with E-state index in [0.717, 1.165) is 43.1 Å². The zero-order valence-corrected chi connectivity index (χ0v) is 27.2. The van der Waals surface area contributed by atoms with E-state index in [0.29, 0.717) is 29.5 Å². The van der Waals surface area contributed by atoms with Gasteiger partial charge in [0.25, 0.3) is 0 Å². The molecule has 209 valence electrons. The molecule has 6 aliphatic rings. The second-order valence-electron chi connectivity index (χ2n) is 12.5. The van der Waals surface area contributed by atoms with Crippen LogP contribution in [0.5, 0.6) is 0 Å². The van der Waals surface area contributed by atoms with Crippen molar-refractivity contribution < 1.29 is 30.0 Å². The number of carbonyl (C=O) groups excluding carboxylic acids is 1. The molecule has 0 aromatic heterocycles. The molecule has 1 spiro atoms. The van der Waals surface area contributed by atoms with E-state index in [-0.39, 0.29) is 40.9 Å². The van der Waals surface area contributed by atoms with Gasteiger partial charge in [0.2, 0.25) is 5.91 Å². The van der Waals surface area contributed by atoms with Crippen molar-refractivity contribution in [2.24, 2.45) is 35.0 Å². The van der Waals surface area contributed by atoms with Crippen LogP contribution in [0.25, 0.3) is 0 Å². The van der Waals surface area contributed by atoms with E-state index >= 15 is 0 Å². The number of hydrogen-bond donors (Lipinski definition) is 1. The molecule has 8 unspecified atom stereocenters. The molecule has 1 amide bonds. The molecule has 0 aromatic rings. The zero-order valence-electron chi connectivity index (χ0n) is 24.5. The van der Waals surface area contributed by atoms with Gasteiger partial charge in [0.1, 0.15) is 6.23 Å². The van der Waals surface area contributed by atoms with E-state index in [1.165, 1.54) is 51.5 Å². The fourth-order valence-electron chi connectivity index (χ4n) is 9.33. The molecule has 1 N–H and O–H groups in total. The van der Waals surface area contributed by atoms with Gasteiger partial charge in [-0.15, -0.1) is 0 Å². The standard InChI is InChI=1S/C27H42N2O2.C2H6.2CH3.Re/c1-16-11-25-29(15-16)18(3)27(31-25)8-7-20-21-6-5-19-12-24(30)28-10-9-26(19,4)23(21)13-22(20)17(2)14-27;1-2;;;/h16,18-21,23,25H,5-15H2,1-4H3,(H,28,30);1-2H3;2*1H3;/q;;2*-1;/t16?,18-,19?,20?,21?,23?,25?,26?,27?;;;;/m0..../s1. The molecule has 5 heteroatoms. The summed E-state index contributed by atoms with van der Waals surface area (Å²) in [6.07, 6.45) is 11.0. The van der Waals surface area contributed by atoms with Gasteiger partial charge in [-0.25, -0.2) is 0 Å². The molecule has 3 aliphatic carbocycles. The molecule has 2 saturated carbocycles. The van der Waals surface area contributed by atoms with Crippen LogP contribution in [0.15, 0.2) is 11.1 Å². The summed E-state index contributed by atoms with van der Waals surface area (Å²) in [7, 11) is 0. The first-order valence-electron chi connectivity index (χ1n) is 14.2. The minimum atomic E-state index is 0. The van der Waals surface area contributed by atoms with Gasteiger partial charge >= 0.3 is 0 Å². The molecule has 0 bridgehead atoms. The summed E-state index contributed by atoms with van der Waals surface area (Å²) in [6.45, 7) is 15.9. The van der Waals surface area contributed by atoms with Gasteiger partial charge in [0.05, 0.1) is 5.60 Å². The van der Waals surface area contributed by atoms with Crippen molar-refractivity contribution in [2.45, 2.75) is 117 Å². The van der Waals surface area contributed by atoms with Gasteiger partial charge < -0.3 is 24.9 Å². The predicted molar refractivity (Wildman–Crippen MR) is 146 cm³/mol. The van der Waals surface area contributed by atoms with Crippen molar-refractivity contribution in [3.63, 3.8) is 0 Å².